The molecule has 4 rings (SSSR count). The molecule has 0 atom stereocenters. The van der Waals surface area contributed by atoms with Gasteiger partial charge in [-0.1, -0.05) is 80.4 Å². The Balaban J connectivity index is 1.51. The lowest BCUT2D eigenvalue weighted by molar-refractivity contribution is 0.0691. The third kappa shape index (κ3) is 5.95. The Labute approximate surface area is 200 Å². The summed E-state index contributed by atoms with van der Waals surface area (Å²) in [6, 6.07) is 21.9. The molecule has 0 saturated heterocycles. The summed E-state index contributed by atoms with van der Waals surface area (Å²) in [5.41, 5.74) is 3.90. The van der Waals surface area contributed by atoms with Crippen molar-refractivity contribution in [2.45, 2.75) is 52.0 Å². The van der Waals surface area contributed by atoms with Gasteiger partial charge in [-0.25, -0.2) is 19.4 Å². The van der Waals surface area contributed by atoms with Crippen molar-refractivity contribution >= 4 is 5.97 Å². The standard InChI is InChI=1S/C28H30N4O2/c1-2-3-5-12-26-30-25(18-15-21-9-6-4-7-10-21)31-32(26)20-22-13-16-23(17-14-22)24-11-8-19-29-27(24)28(33)34/h4,6-11,13-14,16-17,19H,2-3,5,12,15,18,20H2,1H3,(H,33,34). The molecule has 0 fully saturated rings. The van der Waals surface area contributed by atoms with Crippen LogP contribution in [0.15, 0.2) is 72.9 Å². The van der Waals surface area contributed by atoms with Crippen LogP contribution in [0.2, 0.25) is 0 Å². The molecule has 0 bridgehead atoms. The van der Waals surface area contributed by atoms with E-state index in [-0.39, 0.29) is 5.69 Å². The number of nitrogens with zero attached hydrogens (tertiary/aromatic N) is 4. The third-order valence-electron chi connectivity index (χ3n) is 5.88. The molecule has 0 amide bonds. The summed E-state index contributed by atoms with van der Waals surface area (Å²) in [7, 11) is 0. The van der Waals surface area contributed by atoms with E-state index < -0.39 is 5.97 Å². The molecular weight excluding hydrogens is 424 g/mol. The number of aromatic nitrogens is 4. The van der Waals surface area contributed by atoms with Crippen molar-refractivity contribution in [1.82, 2.24) is 19.7 Å². The van der Waals surface area contributed by atoms with Crippen molar-refractivity contribution in [3.05, 3.63) is 101 Å². The molecule has 6 heteroatoms. The summed E-state index contributed by atoms with van der Waals surface area (Å²) in [6.07, 6.45) is 7.61. The zero-order valence-electron chi connectivity index (χ0n) is 19.5. The first-order chi connectivity index (χ1) is 16.6. The van der Waals surface area contributed by atoms with Gasteiger partial charge in [0.25, 0.3) is 0 Å². The third-order valence-corrected chi connectivity index (χ3v) is 5.88. The molecule has 2 aromatic heterocycles. The molecule has 0 aliphatic heterocycles. The molecule has 0 radical (unpaired) electrons. The van der Waals surface area contributed by atoms with Gasteiger partial charge in [-0.15, -0.1) is 0 Å². The van der Waals surface area contributed by atoms with Crippen LogP contribution in [0.25, 0.3) is 11.1 Å². The van der Waals surface area contributed by atoms with E-state index in [1.165, 1.54) is 24.6 Å². The van der Waals surface area contributed by atoms with Crippen LogP contribution >= 0.6 is 0 Å². The highest BCUT2D eigenvalue weighted by Gasteiger charge is 2.14. The van der Waals surface area contributed by atoms with Gasteiger partial charge >= 0.3 is 5.97 Å². The molecule has 6 nitrogen and oxygen atoms in total. The Hall–Kier alpha value is -3.80. The van der Waals surface area contributed by atoms with Gasteiger partial charge in [0, 0.05) is 24.6 Å². The monoisotopic (exact) mass is 454 g/mol. The minimum atomic E-state index is -1.03. The van der Waals surface area contributed by atoms with Gasteiger partial charge in [0.2, 0.25) is 0 Å². The van der Waals surface area contributed by atoms with Crippen LogP contribution in [0, 0.1) is 0 Å². The van der Waals surface area contributed by atoms with Gasteiger partial charge < -0.3 is 5.11 Å². The van der Waals surface area contributed by atoms with Gasteiger partial charge in [0.05, 0.1) is 6.54 Å². The van der Waals surface area contributed by atoms with Gasteiger partial charge in [-0.3, -0.25) is 0 Å². The zero-order chi connectivity index (χ0) is 23.8. The number of pyridine rings is 1. The molecule has 2 aromatic carbocycles. The Bertz CT molecular complexity index is 1220. The average molecular weight is 455 g/mol. The number of unbranched alkanes of at least 4 members (excludes halogenated alkanes) is 2. The Kier molecular flexibility index (Phi) is 7.81. The number of aromatic carboxylic acids is 1. The lowest BCUT2D eigenvalue weighted by Gasteiger charge is -2.09. The van der Waals surface area contributed by atoms with E-state index in [1.807, 2.05) is 35.0 Å². The van der Waals surface area contributed by atoms with E-state index in [4.69, 9.17) is 10.1 Å². The summed E-state index contributed by atoms with van der Waals surface area (Å²) < 4.78 is 2.03. The first-order valence-electron chi connectivity index (χ1n) is 11.9. The fourth-order valence-corrected chi connectivity index (χ4v) is 4.05. The number of benzene rings is 2. The molecule has 34 heavy (non-hydrogen) atoms. The largest absolute Gasteiger partial charge is 0.476 e. The van der Waals surface area contributed by atoms with Crippen molar-refractivity contribution < 1.29 is 9.90 Å². The molecule has 2 heterocycles. The number of rotatable bonds is 11. The number of hydrogen-bond donors (Lipinski definition) is 1. The lowest BCUT2D eigenvalue weighted by atomic mass is 10.0. The maximum absolute atomic E-state index is 11.5. The minimum absolute atomic E-state index is 0.0628. The highest BCUT2D eigenvalue weighted by molar-refractivity contribution is 5.93. The summed E-state index contributed by atoms with van der Waals surface area (Å²) >= 11 is 0. The van der Waals surface area contributed by atoms with Crippen molar-refractivity contribution in [1.29, 1.82) is 0 Å². The molecule has 0 aliphatic rings. The SMILES string of the molecule is CCCCCc1nc(CCc2ccccc2)nn1Cc1ccc(-c2cccnc2C(=O)O)cc1. The smallest absolute Gasteiger partial charge is 0.355 e. The van der Waals surface area contributed by atoms with E-state index in [9.17, 15) is 9.90 Å². The van der Waals surface area contributed by atoms with E-state index in [0.717, 1.165) is 48.5 Å². The predicted octanol–water partition coefficient (Wildman–Crippen LogP) is 5.60. The van der Waals surface area contributed by atoms with Gasteiger partial charge in [-0.05, 0) is 35.6 Å². The second-order valence-electron chi connectivity index (χ2n) is 8.45. The Morgan fingerprint density at radius 2 is 1.68 bits per heavy atom. The molecule has 1 N–H and O–H groups in total. The van der Waals surface area contributed by atoms with E-state index in [0.29, 0.717) is 12.1 Å². The van der Waals surface area contributed by atoms with Crippen LogP contribution in [0.4, 0.5) is 0 Å². The topological polar surface area (TPSA) is 80.9 Å². The molecule has 4 aromatic rings. The second kappa shape index (κ2) is 11.4. The van der Waals surface area contributed by atoms with Crippen molar-refractivity contribution in [3.63, 3.8) is 0 Å². The summed E-state index contributed by atoms with van der Waals surface area (Å²) in [5, 5.41) is 14.3. The van der Waals surface area contributed by atoms with Crippen LogP contribution in [0.1, 0.15) is 59.5 Å². The van der Waals surface area contributed by atoms with Crippen molar-refractivity contribution in [2.24, 2.45) is 0 Å². The van der Waals surface area contributed by atoms with Gasteiger partial charge in [0.1, 0.15) is 5.82 Å². The molecule has 0 spiro atoms. The highest BCUT2D eigenvalue weighted by Crippen LogP contribution is 2.23. The molecule has 0 unspecified atom stereocenters. The Morgan fingerprint density at radius 1 is 0.882 bits per heavy atom. The maximum atomic E-state index is 11.5. The van der Waals surface area contributed by atoms with E-state index in [2.05, 4.69) is 36.2 Å². The molecular formula is C28H30N4O2. The van der Waals surface area contributed by atoms with Crippen molar-refractivity contribution in [3.8, 4) is 11.1 Å². The summed E-state index contributed by atoms with van der Waals surface area (Å²) in [5.74, 6) is 0.886. The normalized spacial score (nSPS) is 11.0. The van der Waals surface area contributed by atoms with Crippen molar-refractivity contribution in [2.75, 3.05) is 0 Å². The zero-order valence-corrected chi connectivity index (χ0v) is 19.5. The first kappa shape index (κ1) is 23.4. The molecule has 0 saturated carbocycles. The fraction of sp³-hybridized carbons (Fsp3) is 0.286. The van der Waals surface area contributed by atoms with Crippen LogP contribution in [-0.2, 0) is 25.8 Å². The van der Waals surface area contributed by atoms with E-state index >= 15 is 0 Å². The summed E-state index contributed by atoms with van der Waals surface area (Å²) in [6.45, 7) is 2.84. The van der Waals surface area contributed by atoms with Gasteiger partial charge in [0.15, 0.2) is 11.5 Å². The minimum Gasteiger partial charge on any atom is -0.476 e. The number of aryl methyl sites for hydroxylation is 3. The number of carboxylic acids is 1. The fourth-order valence-electron chi connectivity index (χ4n) is 4.05. The molecule has 0 aliphatic carbocycles. The maximum Gasteiger partial charge on any atom is 0.355 e. The predicted molar refractivity (Wildman–Crippen MR) is 133 cm³/mol. The number of carboxylic acid groups (broad SMARTS) is 1. The second-order valence-corrected chi connectivity index (χ2v) is 8.45. The van der Waals surface area contributed by atoms with Crippen LogP contribution < -0.4 is 0 Å². The lowest BCUT2D eigenvalue weighted by Crippen LogP contribution is -2.07. The summed E-state index contributed by atoms with van der Waals surface area (Å²) in [4.78, 5) is 20.4. The van der Waals surface area contributed by atoms with Crippen LogP contribution in [0.5, 0.6) is 0 Å². The first-order valence-corrected chi connectivity index (χ1v) is 11.9. The quantitative estimate of drug-likeness (QED) is 0.298. The molecule has 174 valence electrons. The van der Waals surface area contributed by atoms with E-state index in [1.54, 1.807) is 12.1 Å². The Morgan fingerprint density at radius 3 is 2.41 bits per heavy atom. The number of hydrogen-bond acceptors (Lipinski definition) is 4. The highest BCUT2D eigenvalue weighted by atomic mass is 16.4. The average Bonchev–Trinajstić information content (AvgIpc) is 3.25. The number of carbonyl (C=O) groups is 1. The van der Waals surface area contributed by atoms with Crippen LogP contribution in [-0.4, -0.2) is 30.8 Å². The van der Waals surface area contributed by atoms with Gasteiger partial charge in [-0.2, -0.15) is 5.10 Å². The van der Waals surface area contributed by atoms with Crippen LogP contribution in [0.3, 0.4) is 0 Å².